The number of fused-ring (bicyclic) bond motifs is 1. The Morgan fingerprint density at radius 2 is 1.72 bits per heavy atom. The summed E-state index contributed by atoms with van der Waals surface area (Å²) in [7, 11) is 0. The number of hydrogen-bond acceptors (Lipinski definition) is 5. The highest BCUT2D eigenvalue weighted by Gasteiger charge is 2.30. The zero-order valence-electron chi connectivity index (χ0n) is 15.4. The number of amides is 1. The van der Waals surface area contributed by atoms with E-state index in [1.54, 1.807) is 18.2 Å². The molecule has 1 heterocycles. The van der Waals surface area contributed by atoms with Crippen molar-refractivity contribution in [1.82, 2.24) is 0 Å². The van der Waals surface area contributed by atoms with Crippen LogP contribution in [0.3, 0.4) is 0 Å². The third-order valence-corrected chi connectivity index (χ3v) is 4.11. The summed E-state index contributed by atoms with van der Waals surface area (Å²) < 4.78 is 53.7. The van der Waals surface area contributed by atoms with E-state index in [2.05, 4.69) is 5.32 Å². The number of ether oxygens (including phenoxy) is 3. The van der Waals surface area contributed by atoms with Gasteiger partial charge in [-0.3, -0.25) is 9.59 Å². The van der Waals surface area contributed by atoms with Crippen LogP contribution in [0.4, 0.5) is 18.9 Å². The predicted octanol–water partition coefficient (Wildman–Crippen LogP) is 3.59. The summed E-state index contributed by atoms with van der Waals surface area (Å²) in [6.45, 7) is 2.25. The molecule has 1 aliphatic heterocycles. The minimum atomic E-state index is -4.46. The molecule has 0 aromatic heterocycles. The van der Waals surface area contributed by atoms with Gasteiger partial charge >= 0.3 is 12.1 Å². The van der Waals surface area contributed by atoms with E-state index in [1.165, 1.54) is 6.92 Å². The van der Waals surface area contributed by atoms with Crippen molar-refractivity contribution in [2.75, 3.05) is 18.5 Å². The lowest BCUT2D eigenvalue weighted by Crippen LogP contribution is -2.30. The van der Waals surface area contributed by atoms with Crippen molar-refractivity contribution in [3.63, 3.8) is 0 Å². The first-order valence-corrected chi connectivity index (χ1v) is 8.78. The Kier molecular flexibility index (Phi) is 5.95. The minimum Gasteiger partial charge on any atom is -0.486 e. The fraction of sp³-hybridized carbons (Fsp3) is 0.300. The van der Waals surface area contributed by atoms with Crippen molar-refractivity contribution in [3.05, 3.63) is 53.6 Å². The van der Waals surface area contributed by atoms with Crippen LogP contribution in [0.15, 0.2) is 42.5 Å². The third kappa shape index (κ3) is 5.40. The molecule has 2 aromatic rings. The lowest BCUT2D eigenvalue weighted by Gasteiger charge is -2.19. The molecule has 0 radical (unpaired) electrons. The molecule has 0 bridgehead atoms. The Morgan fingerprint density at radius 3 is 2.38 bits per heavy atom. The second-order valence-electron chi connectivity index (χ2n) is 6.35. The number of hydrogen-bond donors (Lipinski definition) is 1. The van der Waals surface area contributed by atoms with Crippen LogP contribution in [-0.2, 0) is 26.9 Å². The number of carbonyl (C=O) groups is 2. The molecule has 6 nitrogen and oxygen atoms in total. The maximum absolute atomic E-state index is 12.6. The molecule has 0 aliphatic carbocycles. The Balaban J connectivity index is 1.53. The SMILES string of the molecule is CC(OC(=O)Cc1ccc2c(c1)OCCO2)C(=O)Nc1ccc(C(F)(F)F)cc1. The number of halogens is 3. The molecule has 0 saturated heterocycles. The summed E-state index contributed by atoms with van der Waals surface area (Å²) in [5.41, 5.74) is -0.0262. The van der Waals surface area contributed by atoms with Gasteiger partial charge in [0.25, 0.3) is 5.91 Å². The molecule has 2 aromatic carbocycles. The minimum absolute atomic E-state index is 0.0749. The van der Waals surface area contributed by atoms with Crippen molar-refractivity contribution in [1.29, 1.82) is 0 Å². The first kappa shape index (κ1) is 20.5. The van der Waals surface area contributed by atoms with Crippen molar-refractivity contribution in [2.45, 2.75) is 25.6 Å². The van der Waals surface area contributed by atoms with E-state index in [4.69, 9.17) is 14.2 Å². The van der Waals surface area contributed by atoms with Gasteiger partial charge in [0.2, 0.25) is 0 Å². The lowest BCUT2D eigenvalue weighted by molar-refractivity contribution is -0.152. The highest BCUT2D eigenvalue weighted by Crippen LogP contribution is 2.31. The van der Waals surface area contributed by atoms with Gasteiger partial charge in [-0.1, -0.05) is 6.07 Å². The number of benzene rings is 2. The van der Waals surface area contributed by atoms with Crippen LogP contribution >= 0.6 is 0 Å². The normalized spacial score (nSPS) is 14.1. The van der Waals surface area contributed by atoms with Crippen molar-refractivity contribution in [2.24, 2.45) is 0 Å². The standard InChI is InChI=1S/C20H18F3NO5/c1-12(19(26)24-15-5-3-14(4-6-15)20(21,22)23)29-18(25)11-13-2-7-16-17(10-13)28-9-8-27-16/h2-7,10,12H,8-9,11H2,1H3,(H,24,26). The average Bonchev–Trinajstić information content (AvgIpc) is 2.67. The topological polar surface area (TPSA) is 73.9 Å². The molecule has 0 spiro atoms. The molecule has 1 N–H and O–H groups in total. The number of anilines is 1. The van der Waals surface area contributed by atoms with Crippen molar-refractivity contribution < 1.29 is 37.0 Å². The first-order valence-electron chi connectivity index (χ1n) is 8.78. The number of nitrogens with one attached hydrogen (secondary N) is 1. The zero-order valence-corrected chi connectivity index (χ0v) is 15.4. The first-order chi connectivity index (χ1) is 13.7. The number of rotatable bonds is 5. The summed E-state index contributed by atoms with van der Waals surface area (Å²) in [5, 5.41) is 2.41. The van der Waals surface area contributed by atoms with Gasteiger partial charge in [-0.15, -0.1) is 0 Å². The van der Waals surface area contributed by atoms with E-state index < -0.39 is 29.7 Å². The highest BCUT2D eigenvalue weighted by atomic mass is 19.4. The number of alkyl halides is 3. The monoisotopic (exact) mass is 409 g/mol. The van der Waals surface area contributed by atoms with Crippen LogP contribution in [0.2, 0.25) is 0 Å². The molecule has 1 amide bonds. The molecule has 1 aliphatic rings. The average molecular weight is 409 g/mol. The van der Waals surface area contributed by atoms with Gasteiger partial charge in [0.1, 0.15) is 13.2 Å². The van der Waals surface area contributed by atoms with Gasteiger partial charge in [0, 0.05) is 5.69 Å². The van der Waals surface area contributed by atoms with Crippen LogP contribution in [-0.4, -0.2) is 31.2 Å². The van der Waals surface area contributed by atoms with Gasteiger partial charge in [-0.25, -0.2) is 0 Å². The van der Waals surface area contributed by atoms with Gasteiger partial charge < -0.3 is 19.5 Å². The second-order valence-corrected chi connectivity index (χ2v) is 6.35. The predicted molar refractivity (Wildman–Crippen MR) is 96.8 cm³/mol. The molecular formula is C20H18F3NO5. The summed E-state index contributed by atoms with van der Waals surface area (Å²) >= 11 is 0. The van der Waals surface area contributed by atoms with Gasteiger partial charge in [-0.05, 0) is 48.9 Å². The van der Waals surface area contributed by atoms with Crippen molar-refractivity contribution >= 4 is 17.6 Å². The van der Waals surface area contributed by atoms with Crippen LogP contribution < -0.4 is 14.8 Å². The van der Waals surface area contributed by atoms with Gasteiger partial charge in [-0.2, -0.15) is 13.2 Å². The smallest absolute Gasteiger partial charge is 0.416 e. The molecule has 1 atom stereocenters. The Morgan fingerprint density at radius 1 is 1.07 bits per heavy atom. The highest BCUT2D eigenvalue weighted by molar-refractivity contribution is 5.95. The van der Waals surface area contributed by atoms with Crippen molar-refractivity contribution in [3.8, 4) is 11.5 Å². The van der Waals surface area contributed by atoms with Crippen LogP contribution in [0.5, 0.6) is 11.5 Å². The lowest BCUT2D eigenvalue weighted by atomic mass is 10.1. The summed E-state index contributed by atoms with van der Waals surface area (Å²) in [4.78, 5) is 24.2. The molecule has 9 heteroatoms. The number of carbonyl (C=O) groups excluding carboxylic acids is 2. The molecule has 1 unspecified atom stereocenters. The fourth-order valence-electron chi connectivity index (χ4n) is 2.64. The Hall–Kier alpha value is -3.23. The van der Waals surface area contributed by atoms with E-state index in [0.29, 0.717) is 30.3 Å². The van der Waals surface area contributed by atoms with E-state index in [9.17, 15) is 22.8 Å². The Bertz CT molecular complexity index is 896. The molecule has 3 rings (SSSR count). The maximum Gasteiger partial charge on any atom is 0.416 e. The number of esters is 1. The molecular weight excluding hydrogens is 391 g/mol. The largest absolute Gasteiger partial charge is 0.486 e. The maximum atomic E-state index is 12.6. The summed E-state index contributed by atoms with van der Waals surface area (Å²) in [6.07, 6.45) is -5.66. The molecule has 0 saturated carbocycles. The molecule has 29 heavy (non-hydrogen) atoms. The van der Waals surface area contributed by atoms with Gasteiger partial charge in [0.15, 0.2) is 17.6 Å². The summed E-state index contributed by atoms with van der Waals surface area (Å²) in [6, 6.07) is 9.03. The zero-order chi connectivity index (χ0) is 21.0. The Labute approximate surface area is 164 Å². The van der Waals surface area contributed by atoms with Crippen LogP contribution in [0, 0.1) is 0 Å². The van der Waals surface area contributed by atoms with Crippen LogP contribution in [0.25, 0.3) is 0 Å². The third-order valence-electron chi connectivity index (χ3n) is 4.11. The second kappa shape index (κ2) is 8.42. The van der Waals surface area contributed by atoms with Gasteiger partial charge in [0.05, 0.1) is 12.0 Å². The molecule has 154 valence electrons. The van der Waals surface area contributed by atoms with E-state index >= 15 is 0 Å². The van der Waals surface area contributed by atoms with E-state index in [1.807, 2.05) is 0 Å². The van der Waals surface area contributed by atoms with E-state index in [0.717, 1.165) is 24.3 Å². The summed E-state index contributed by atoms with van der Waals surface area (Å²) in [5.74, 6) is -0.149. The van der Waals surface area contributed by atoms with Crippen LogP contribution in [0.1, 0.15) is 18.1 Å². The fourth-order valence-corrected chi connectivity index (χ4v) is 2.64. The van der Waals surface area contributed by atoms with E-state index in [-0.39, 0.29) is 12.1 Å². The quantitative estimate of drug-likeness (QED) is 0.764. The molecule has 0 fully saturated rings.